The molecule has 1 heterocycles. The van der Waals surface area contributed by atoms with E-state index in [0.717, 1.165) is 30.6 Å². The second-order valence-corrected chi connectivity index (χ2v) is 4.85. The highest BCUT2D eigenvalue weighted by Gasteiger charge is 2.32. The van der Waals surface area contributed by atoms with E-state index in [1.165, 1.54) is 0 Å². The molecule has 1 aromatic rings. The van der Waals surface area contributed by atoms with Gasteiger partial charge in [-0.1, -0.05) is 19.0 Å². The molecule has 0 unspecified atom stereocenters. The predicted octanol–water partition coefficient (Wildman–Crippen LogP) is 1.55. The first kappa shape index (κ1) is 10.2. The molecule has 0 saturated carbocycles. The standard InChI is InChI=1S/C11H16N2O2/c1-11(2)5-4-8-7(6-11)9(13-15-8)10(14)12-3/h4-6H2,1-3H3,(H,12,14). The van der Waals surface area contributed by atoms with E-state index in [2.05, 4.69) is 24.3 Å². The molecule has 0 atom stereocenters. The van der Waals surface area contributed by atoms with Crippen LogP contribution in [0.4, 0.5) is 0 Å². The second kappa shape index (κ2) is 3.36. The number of hydrogen-bond donors (Lipinski definition) is 1. The van der Waals surface area contributed by atoms with Crippen LogP contribution < -0.4 is 5.32 Å². The summed E-state index contributed by atoms with van der Waals surface area (Å²) in [6.07, 6.45) is 2.84. The summed E-state index contributed by atoms with van der Waals surface area (Å²) in [5.41, 5.74) is 1.69. The van der Waals surface area contributed by atoms with Gasteiger partial charge in [-0.15, -0.1) is 0 Å². The van der Waals surface area contributed by atoms with Crippen LogP contribution in [0.1, 0.15) is 42.1 Å². The number of nitrogens with zero attached hydrogens (tertiary/aromatic N) is 1. The summed E-state index contributed by atoms with van der Waals surface area (Å²) >= 11 is 0. The van der Waals surface area contributed by atoms with Gasteiger partial charge in [0.15, 0.2) is 5.69 Å². The Morgan fingerprint density at radius 3 is 2.93 bits per heavy atom. The molecule has 1 aliphatic rings. The van der Waals surface area contributed by atoms with Crippen molar-refractivity contribution in [2.45, 2.75) is 33.1 Å². The van der Waals surface area contributed by atoms with Gasteiger partial charge in [0, 0.05) is 19.0 Å². The summed E-state index contributed by atoms with van der Waals surface area (Å²) in [6.45, 7) is 4.41. The van der Waals surface area contributed by atoms with Crippen molar-refractivity contribution < 1.29 is 9.32 Å². The smallest absolute Gasteiger partial charge is 0.273 e. The molecule has 1 N–H and O–H groups in total. The molecule has 0 saturated heterocycles. The van der Waals surface area contributed by atoms with Crippen LogP contribution >= 0.6 is 0 Å². The normalized spacial score (nSPS) is 18.3. The third kappa shape index (κ3) is 1.76. The molecule has 15 heavy (non-hydrogen) atoms. The Morgan fingerprint density at radius 2 is 2.27 bits per heavy atom. The average molecular weight is 208 g/mol. The maximum atomic E-state index is 11.5. The Labute approximate surface area is 89.0 Å². The zero-order valence-electron chi connectivity index (χ0n) is 9.39. The first-order chi connectivity index (χ1) is 7.03. The van der Waals surface area contributed by atoms with Gasteiger partial charge in [0.1, 0.15) is 5.76 Å². The number of nitrogens with one attached hydrogen (secondary N) is 1. The molecule has 82 valence electrons. The Hall–Kier alpha value is -1.32. The minimum Gasteiger partial charge on any atom is -0.360 e. The van der Waals surface area contributed by atoms with E-state index in [0.29, 0.717) is 5.69 Å². The summed E-state index contributed by atoms with van der Waals surface area (Å²) < 4.78 is 5.19. The highest BCUT2D eigenvalue weighted by molar-refractivity contribution is 5.93. The van der Waals surface area contributed by atoms with Crippen LogP contribution in [0.3, 0.4) is 0 Å². The van der Waals surface area contributed by atoms with Crippen molar-refractivity contribution in [1.82, 2.24) is 10.5 Å². The predicted molar refractivity (Wildman–Crippen MR) is 55.7 cm³/mol. The molecule has 0 fully saturated rings. The third-order valence-electron chi connectivity index (χ3n) is 3.00. The Morgan fingerprint density at radius 1 is 1.53 bits per heavy atom. The number of carbonyl (C=O) groups is 1. The van der Waals surface area contributed by atoms with Gasteiger partial charge in [0.25, 0.3) is 5.91 Å². The number of aryl methyl sites for hydroxylation is 1. The molecule has 1 aliphatic carbocycles. The van der Waals surface area contributed by atoms with Gasteiger partial charge in [-0.25, -0.2) is 0 Å². The average Bonchev–Trinajstić information content (AvgIpc) is 2.58. The number of aromatic nitrogens is 1. The SMILES string of the molecule is CNC(=O)c1noc2c1CC(C)(C)CC2. The molecule has 4 nitrogen and oxygen atoms in total. The molecule has 1 amide bonds. The first-order valence-corrected chi connectivity index (χ1v) is 5.23. The fourth-order valence-corrected chi connectivity index (χ4v) is 2.04. The topological polar surface area (TPSA) is 55.1 Å². The molecule has 2 rings (SSSR count). The number of carbonyl (C=O) groups excluding carboxylic acids is 1. The maximum Gasteiger partial charge on any atom is 0.273 e. The van der Waals surface area contributed by atoms with Gasteiger partial charge in [0.05, 0.1) is 0 Å². The van der Waals surface area contributed by atoms with E-state index >= 15 is 0 Å². The van der Waals surface area contributed by atoms with Gasteiger partial charge in [-0.3, -0.25) is 4.79 Å². The monoisotopic (exact) mass is 208 g/mol. The zero-order valence-corrected chi connectivity index (χ0v) is 9.39. The van der Waals surface area contributed by atoms with Crippen LogP contribution in [0.25, 0.3) is 0 Å². The minimum atomic E-state index is -0.155. The van der Waals surface area contributed by atoms with E-state index in [4.69, 9.17) is 4.52 Å². The van der Waals surface area contributed by atoms with Crippen molar-refractivity contribution in [2.24, 2.45) is 5.41 Å². The molecule has 0 radical (unpaired) electrons. The maximum absolute atomic E-state index is 11.5. The van der Waals surface area contributed by atoms with Crippen molar-refractivity contribution in [3.8, 4) is 0 Å². The highest BCUT2D eigenvalue weighted by atomic mass is 16.5. The van der Waals surface area contributed by atoms with Crippen LogP contribution in [-0.4, -0.2) is 18.1 Å². The first-order valence-electron chi connectivity index (χ1n) is 5.23. The fourth-order valence-electron chi connectivity index (χ4n) is 2.04. The molecule has 4 heteroatoms. The fraction of sp³-hybridized carbons (Fsp3) is 0.636. The second-order valence-electron chi connectivity index (χ2n) is 4.85. The molecule has 0 bridgehead atoms. The van der Waals surface area contributed by atoms with Crippen LogP contribution in [0.15, 0.2) is 4.52 Å². The third-order valence-corrected chi connectivity index (χ3v) is 3.00. The largest absolute Gasteiger partial charge is 0.360 e. The molecule has 1 aromatic heterocycles. The van der Waals surface area contributed by atoms with E-state index in [-0.39, 0.29) is 11.3 Å². The van der Waals surface area contributed by atoms with Crippen LogP contribution in [-0.2, 0) is 12.8 Å². The Bertz CT molecular complexity index is 393. The lowest BCUT2D eigenvalue weighted by molar-refractivity contribution is 0.0953. The lowest BCUT2D eigenvalue weighted by Gasteiger charge is -2.28. The van der Waals surface area contributed by atoms with Crippen molar-refractivity contribution >= 4 is 5.91 Å². The highest BCUT2D eigenvalue weighted by Crippen LogP contribution is 2.36. The van der Waals surface area contributed by atoms with E-state index in [9.17, 15) is 4.79 Å². The summed E-state index contributed by atoms with van der Waals surface area (Å²) in [5, 5.41) is 6.43. The molecule has 0 aromatic carbocycles. The zero-order chi connectivity index (χ0) is 11.1. The van der Waals surface area contributed by atoms with Gasteiger partial charge in [-0.2, -0.15) is 0 Å². The van der Waals surface area contributed by atoms with Crippen molar-refractivity contribution in [1.29, 1.82) is 0 Å². The summed E-state index contributed by atoms with van der Waals surface area (Å²) in [4.78, 5) is 11.5. The molecular weight excluding hydrogens is 192 g/mol. The van der Waals surface area contributed by atoms with Crippen molar-refractivity contribution in [3.63, 3.8) is 0 Å². The molecule has 0 spiro atoms. The van der Waals surface area contributed by atoms with Gasteiger partial charge in [0.2, 0.25) is 0 Å². The summed E-state index contributed by atoms with van der Waals surface area (Å²) in [7, 11) is 1.61. The van der Waals surface area contributed by atoms with E-state index < -0.39 is 0 Å². The Kier molecular flexibility index (Phi) is 2.29. The molecule has 0 aliphatic heterocycles. The van der Waals surface area contributed by atoms with Crippen LogP contribution in [0.5, 0.6) is 0 Å². The lowest BCUT2D eigenvalue weighted by atomic mass is 9.76. The number of amides is 1. The Balaban J connectivity index is 2.38. The number of fused-ring (bicyclic) bond motifs is 1. The van der Waals surface area contributed by atoms with E-state index in [1.54, 1.807) is 7.05 Å². The van der Waals surface area contributed by atoms with Crippen molar-refractivity contribution in [2.75, 3.05) is 7.05 Å². The van der Waals surface area contributed by atoms with Crippen LogP contribution in [0, 0.1) is 5.41 Å². The van der Waals surface area contributed by atoms with Gasteiger partial charge in [-0.05, 0) is 18.3 Å². The van der Waals surface area contributed by atoms with Gasteiger partial charge < -0.3 is 9.84 Å². The number of rotatable bonds is 1. The quantitative estimate of drug-likeness (QED) is 0.761. The summed E-state index contributed by atoms with van der Waals surface area (Å²) in [5.74, 6) is 0.727. The lowest BCUT2D eigenvalue weighted by Crippen LogP contribution is -2.25. The van der Waals surface area contributed by atoms with Gasteiger partial charge >= 0.3 is 0 Å². The van der Waals surface area contributed by atoms with E-state index in [1.807, 2.05) is 0 Å². The molecular formula is C11H16N2O2. The minimum absolute atomic E-state index is 0.155. The van der Waals surface area contributed by atoms with Crippen LogP contribution in [0.2, 0.25) is 0 Å². The number of hydrogen-bond acceptors (Lipinski definition) is 3. The summed E-state index contributed by atoms with van der Waals surface area (Å²) in [6, 6.07) is 0. The van der Waals surface area contributed by atoms with Crippen molar-refractivity contribution in [3.05, 3.63) is 17.0 Å².